The molecule has 3 heteroatoms. The van der Waals surface area contributed by atoms with Crippen molar-refractivity contribution in [1.29, 1.82) is 0 Å². The molecule has 0 fully saturated rings. The molecule has 0 aliphatic heterocycles. The topological polar surface area (TPSA) is 40.5 Å². The summed E-state index contributed by atoms with van der Waals surface area (Å²) < 4.78 is 0. The first-order valence-corrected chi connectivity index (χ1v) is 5.43. The Kier molecular flexibility index (Phi) is 4.10. The molecule has 0 radical (unpaired) electrons. The maximum absolute atomic E-state index is 8.89. The highest BCUT2D eigenvalue weighted by molar-refractivity contribution is 7.54. The maximum atomic E-state index is 8.89. The molecule has 1 aromatic carbocycles. The summed E-state index contributed by atoms with van der Waals surface area (Å²) in [7, 11) is -1.94. The Balaban J connectivity index is 2.75. The quantitative estimate of drug-likeness (QED) is 0.726. The average molecular weight is 196 g/mol. The Morgan fingerprint density at radius 2 is 1.85 bits per heavy atom. The van der Waals surface area contributed by atoms with E-state index in [0.29, 0.717) is 5.30 Å². The molecule has 0 saturated carbocycles. The van der Waals surface area contributed by atoms with Crippen molar-refractivity contribution in [3.8, 4) is 0 Å². The van der Waals surface area contributed by atoms with Gasteiger partial charge < -0.3 is 9.79 Å². The molecular formula is C10H13O2P. The molecule has 0 heterocycles. The van der Waals surface area contributed by atoms with E-state index in [-0.39, 0.29) is 0 Å². The third-order valence-corrected chi connectivity index (χ3v) is 2.43. The smallest absolute Gasteiger partial charge is 0.199 e. The van der Waals surface area contributed by atoms with Crippen molar-refractivity contribution in [2.45, 2.75) is 13.3 Å². The molecule has 0 amide bonds. The molecule has 2 N–H and O–H groups in total. The molecule has 1 rings (SSSR count). The standard InChI is InChI=1S/C10H13O2P/c1-2-3-4-9-5-7-10(8-6-9)13(11)12/h3-8,11-12H,2H2,1H3/b4-3+. The second-order valence-electron chi connectivity index (χ2n) is 2.69. The van der Waals surface area contributed by atoms with Crippen molar-refractivity contribution < 1.29 is 9.79 Å². The van der Waals surface area contributed by atoms with Gasteiger partial charge in [0.1, 0.15) is 0 Å². The van der Waals surface area contributed by atoms with Crippen LogP contribution in [0, 0.1) is 0 Å². The van der Waals surface area contributed by atoms with Crippen LogP contribution in [0.4, 0.5) is 0 Å². The zero-order valence-corrected chi connectivity index (χ0v) is 8.41. The van der Waals surface area contributed by atoms with Gasteiger partial charge in [0.05, 0.1) is 0 Å². The van der Waals surface area contributed by atoms with Gasteiger partial charge >= 0.3 is 0 Å². The Bertz CT molecular complexity index is 277. The number of hydrogen-bond donors (Lipinski definition) is 2. The number of allylic oxidation sites excluding steroid dienone is 1. The minimum atomic E-state index is -1.94. The highest BCUT2D eigenvalue weighted by atomic mass is 31.2. The maximum Gasteiger partial charge on any atom is 0.199 e. The van der Waals surface area contributed by atoms with Crippen LogP contribution in [0.25, 0.3) is 6.08 Å². The summed E-state index contributed by atoms with van der Waals surface area (Å²) in [5.41, 5.74) is 1.09. The summed E-state index contributed by atoms with van der Waals surface area (Å²) >= 11 is 0. The zero-order valence-electron chi connectivity index (χ0n) is 7.51. The summed E-state index contributed by atoms with van der Waals surface area (Å²) in [4.78, 5) is 17.8. The fourth-order valence-electron chi connectivity index (χ4n) is 0.973. The van der Waals surface area contributed by atoms with Gasteiger partial charge in [-0.1, -0.05) is 31.2 Å². The molecule has 0 aromatic heterocycles. The molecule has 0 unspecified atom stereocenters. The summed E-state index contributed by atoms with van der Waals surface area (Å²) in [5, 5.41) is 0.587. The van der Waals surface area contributed by atoms with Gasteiger partial charge in [-0.15, -0.1) is 0 Å². The molecule has 2 nitrogen and oxygen atoms in total. The van der Waals surface area contributed by atoms with Crippen LogP contribution < -0.4 is 5.30 Å². The first-order valence-electron chi connectivity index (χ1n) is 4.18. The SMILES string of the molecule is CC/C=C/c1ccc(P(O)O)cc1. The molecule has 0 atom stereocenters. The Morgan fingerprint density at radius 3 is 2.31 bits per heavy atom. The van der Waals surface area contributed by atoms with Gasteiger partial charge in [-0.3, -0.25) is 0 Å². The first-order chi connectivity index (χ1) is 6.24. The van der Waals surface area contributed by atoms with Gasteiger partial charge in [-0.2, -0.15) is 0 Å². The highest BCUT2D eigenvalue weighted by Gasteiger charge is 2.01. The largest absolute Gasteiger partial charge is 0.347 e. The van der Waals surface area contributed by atoms with Crippen LogP contribution >= 0.6 is 8.38 Å². The lowest BCUT2D eigenvalue weighted by Crippen LogP contribution is -1.97. The normalized spacial score (nSPS) is 11.4. The third-order valence-electron chi connectivity index (χ3n) is 1.67. The summed E-state index contributed by atoms with van der Waals surface area (Å²) in [6.07, 6.45) is 5.09. The second-order valence-corrected chi connectivity index (χ2v) is 3.79. The number of rotatable bonds is 3. The van der Waals surface area contributed by atoms with Gasteiger partial charge in [0.25, 0.3) is 0 Å². The lowest BCUT2D eigenvalue weighted by Gasteiger charge is -2.01. The Morgan fingerprint density at radius 1 is 1.23 bits per heavy atom. The molecular weight excluding hydrogens is 183 g/mol. The summed E-state index contributed by atoms with van der Waals surface area (Å²) in [5.74, 6) is 0. The molecule has 0 spiro atoms. The van der Waals surface area contributed by atoms with E-state index in [1.165, 1.54) is 0 Å². The van der Waals surface area contributed by atoms with Crippen molar-refractivity contribution in [1.82, 2.24) is 0 Å². The Labute approximate surface area is 79.5 Å². The third kappa shape index (κ3) is 3.27. The van der Waals surface area contributed by atoms with Crippen LogP contribution in [0.2, 0.25) is 0 Å². The lowest BCUT2D eigenvalue weighted by atomic mass is 10.2. The number of benzene rings is 1. The van der Waals surface area contributed by atoms with Crippen LogP contribution in [0.15, 0.2) is 30.3 Å². The van der Waals surface area contributed by atoms with E-state index in [1.807, 2.05) is 18.2 Å². The van der Waals surface area contributed by atoms with E-state index in [9.17, 15) is 0 Å². The fourth-order valence-corrected chi connectivity index (χ4v) is 1.39. The van der Waals surface area contributed by atoms with Crippen molar-refractivity contribution in [2.75, 3.05) is 0 Å². The van der Waals surface area contributed by atoms with E-state index in [4.69, 9.17) is 9.79 Å². The van der Waals surface area contributed by atoms with Crippen LogP contribution in [0.3, 0.4) is 0 Å². The van der Waals surface area contributed by atoms with Gasteiger partial charge in [-0.25, -0.2) is 0 Å². The molecule has 0 bridgehead atoms. The van der Waals surface area contributed by atoms with E-state index >= 15 is 0 Å². The van der Waals surface area contributed by atoms with E-state index < -0.39 is 8.38 Å². The summed E-state index contributed by atoms with van der Waals surface area (Å²) in [6.45, 7) is 2.07. The predicted octanol–water partition coefficient (Wildman–Crippen LogP) is 2.03. The second kappa shape index (κ2) is 5.13. The highest BCUT2D eigenvalue weighted by Crippen LogP contribution is 2.21. The number of hydrogen-bond acceptors (Lipinski definition) is 2. The van der Waals surface area contributed by atoms with Gasteiger partial charge in [0.15, 0.2) is 8.38 Å². The van der Waals surface area contributed by atoms with Crippen LogP contribution in [0.1, 0.15) is 18.9 Å². The minimum Gasteiger partial charge on any atom is -0.347 e. The predicted molar refractivity (Wildman–Crippen MR) is 56.8 cm³/mol. The zero-order chi connectivity index (χ0) is 9.68. The average Bonchev–Trinajstić information content (AvgIpc) is 2.15. The van der Waals surface area contributed by atoms with E-state index in [1.54, 1.807) is 12.1 Å². The van der Waals surface area contributed by atoms with Gasteiger partial charge in [0.2, 0.25) is 0 Å². The van der Waals surface area contributed by atoms with Gasteiger partial charge in [0, 0.05) is 5.30 Å². The molecule has 70 valence electrons. The van der Waals surface area contributed by atoms with E-state index in [2.05, 4.69) is 13.0 Å². The fraction of sp³-hybridized carbons (Fsp3) is 0.200. The molecule has 0 saturated heterocycles. The van der Waals surface area contributed by atoms with Crippen molar-refractivity contribution in [3.63, 3.8) is 0 Å². The van der Waals surface area contributed by atoms with Crippen molar-refractivity contribution >= 4 is 19.8 Å². The van der Waals surface area contributed by atoms with Crippen molar-refractivity contribution in [3.05, 3.63) is 35.9 Å². The van der Waals surface area contributed by atoms with E-state index in [0.717, 1.165) is 12.0 Å². The van der Waals surface area contributed by atoms with Crippen LogP contribution in [0.5, 0.6) is 0 Å². The van der Waals surface area contributed by atoms with Crippen LogP contribution in [-0.2, 0) is 0 Å². The minimum absolute atomic E-state index is 0.587. The molecule has 0 aliphatic rings. The van der Waals surface area contributed by atoms with Gasteiger partial charge in [-0.05, 0) is 24.1 Å². The summed E-state index contributed by atoms with van der Waals surface area (Å²) in [6, 6.07) is 7.23. The molecule has 0 aliphatic carbocycles. The molecule has 1 aromatic rings. The Hall–Kier alpha value is -0.690. The van der Waals surface area contributed by atoms with Crippen LogP contribution in [-0.4, -0.2) is 9.79 Å². The monoisotopic (exact) mass is 196 g/mol. The lowest BCUT2D eigenvalue weighted by molar-refractivity contribution is 0.497. The first kappa shape index (κ1) is 10.4. The molecule has 13 heavy (non-hydrogen) atoms. The van der Waals surface area contributed by atoms with Crippen molar-refractivity contribution in [2.24, 2.45) is 0 Å².